The summed E-state index contributed by atoms with van der Waals surface area (Å²) < 4.78 is 5.81. The second-order valence-electron chi connectivity index (χ2n) is 7.84. The summed E-state index contributed by atoms with van der Waals surface area (Å²) >= 11 is 0. The summed E-state index contributed by atoms with van der Waals surface area (Å²) in [6.45, 7) is 13.8. The molecule has 0 amide bonds. The van der Waals surface area contributed by atoms with Crippen molar-refractivity contribution in [1.29, 1.82) is 0 Å². The Balaban J connectivity index is 1.92. The molecule has 1 aliphatic rings. The van der Waals surface area contributed by atoms with E-state index in [1.54, 1.807) is 6.20 Å². The van der Waals surface area contributed by atoms with Crippen LogP contribution in [0.5, 0.6) is 0 Å². The first-order valence-corrected chi connectivity index (χ1v) is 9.15. The van der Waals surface area contributed by atoms with Gasteiger partial charge in [-0.3, -0.25) is 4.90 Å². The lowest BCUT2D eigenvalue weighted by molar-refractivity contribution is 0.116. The number of piperazine rings is 1. The summed E-state index contributed by atoms with van der Waals surface area (Å²) in [5.74, 6) is 2.35. The van der Waals surface area contributed by atoms with Crippen LogP contribution in [-0.4, -0.2) is 73.6 Å². The number of rotatable bonds is 5. The van der Waals surface area contributed by atoms with Crippen LogP contribution in [0.4, 0.5) is 0 Å². The zero-order valence-electron chi connectivity index (χ0n) is 16.6. The van der Waals surface area contributed by atoms with Gasteiger partial charge in [0.1, 0.15) is 12.3 Å². The van der Waals surface area contributed by atoms with Crippen LogP contribution in [0.15, 0.2) is 15.6 Å². The molecule has 1 aromatic rings. The van der Waals surface area contributed by atoms with Crippen molar-refractivity contribution in [2.24, 2.45) is 4.99 Å². The lowest BCUT2D eigenvalue weighted by Crippen LogP contribution is -2.55. The SMILES string of the molecule is CCNC(=NCc1ncc(C(C)(C)C)o1)NCC1CN(C)CCN1C. The van der Waals surface area contributed by atoms with E-state index in [-0.39, 0.29) is 5.41 Å². The fourth-order valence-electron chi connectivity index (χ4n) is 2.75. The molecule has 2 heterocycles. The predicted octanol–water partition coefficient (Wildman–Crippen LogP) is 1.27. The van der Waals surface area contributed by atoms with Crippen molar-refractivity contribution < 1.29 is 4.42 Å². The van der Waals surface area contributed by atoms with Gasteiger partial charge in [0.05, 0.1) is 6.20 Å². The minimum atomic E-state index is -0.0324. The Hall–Kier alpha value is -1.60. The van der Waals surface area contributed by atoms with Gasteiger partial charge in [-0.05, 0) is 21.0 Å². The standard InChI is InChI=1S/C18H34N6O/c1-7-19-17(21-10-14-13-23(5)8-9-24(14)6)22-12-16-20-11-15(25-16)18(2,3)4/h11,14H,7-10,12-13H2,1-6H3,(H2,19,21,22). The van der Waals surface area contributed by atoms with Gasteiger partial charge in [-0.2, -0.15) is 0 Å². The van der Waals surface area contributed by atoms with Crippen LogP contribution in [0.1, 0.15) is 39.3 Å². The lowest BCUT2D eigenvalue weighted by Gasteiger charge is -2.37. The molecule has 1 unspecified atom stereocenters. The quantitative estimate of drug-likeness (QED) is 0.616. The average Bonchev–Trinajstić information content (AvgIpc) is 3.02. The molecule has 1 saturated heterocycles. The molecule has 0 aliphatic carbocycles. The number of hydrogen-bond donors (Lipinski definition) is 2. The zero-order valence-corrected chi connectivity index (χ0v) is 16.6. The fourth-order valence-corrected chi connectivity index (χ4v) is 2.75. The first-order valence-electron chi connectivity index (χ1n) is 9.15. The average molecular weight is 351 g/mol. The van der Waals surface area contributed by atoms with E-state index in [1.807, 2.05) is 0 Å². The summed E-state index contributed by atoms with van der Waals surface area (Å²) in [6, 6.07) is 0.483. The van der Waals surface area contributed by atoms with Gasteiger partial charge >= 0.3 is 0 Å². The minimum absolute atomic E-state index is 0.0324. The largest absolute Gasteiger partial charge is 0.443 e. The minimum Gasteiger partial charge on any atom is -0.443 e. The van der Waals surface area contributed by atoms with Crippen molar-refractivity contribution >= 4 is 5.96 Å². The Morgan fingerprint density at radius 3 is 2.72 bits per heavy atom. The topological polar surface area (TPSA) is 68.9 Å². The molecule has 7 nitrogen and oxygen atoms in total. The van der Waals surface area contributed by atoms with E-state index in [9.17, 15) is 0 Å². The Bertz CT molecular complexity index is 562. The van der Waals surface area contributed by atoms with Crippen molar-refractivity contribution in [2.45, 2.75) is 45.7 Å². The number of likely N-dealkylation sites (N-methyl/N-ethyl adjacent to an activating group) is 2. The van der Waals surface area contributed by atoms with E-state index in [1.165, 1.54) is 0 Å². The third-order valence-electron chi connectivity index (χ3n) is 4.49. The van der Waals surface area contributed by atoms with Crippen molar-refractivity contribution in [3.63, 3.8) is 0 Å². The summed E-state index contributed by atoms with van der Waals surface area (Å²) in [5.41, 5.74) is -0.0324. The van der Waals surface area contributed by atoms with Crippen LogP contribution in [0, 0.1) is 0 Å². The highest BCUT2D eigenvalue weighted by atomic mass is 16.4. The van der Waals surface area contributed by atoms with E-state index in [0.29, 0.717) is 18.5 Å². The molecular weight excluding hydrogens is 316 g/mol. The Morgan fingerprint density at radius 2 is 2.08 bits per heavy atom. The number of nitrogens with one attached hydrogen (secondary N) is 2. The summed E-state index contributed by atoms with van der Waals surface area (Å²) in [5, 5.41) is 6.74. The molecule has 0 bridgehead atoms. The highest BCUT2D eigenvalue weighted by molar-refractivity contribution is 5.79. The van der Waals surface area contributed by atoms with Gasteiger partial charge in [-0.15, -0.1) is 0 Å². The molecule has 7 heteroatoms. The van der Waals surface area contributed by atoms with Crippen LogP contribution in [0.25, 0.3) is 0 Å². The normalized spacial score (nSPS) is 20.7. The number of aromatic nitrogens is 1. The summed E-state index contributed by atoms with van der Waals surface area (Å²) in [4.78, 5) is 13.7. The van der Waals surface area contributed by atoms with Gasteiger partial charge in [0.15, 0.2) is 5.96 Å². The molecule has 2 N–H and O–H groups in total. The maximum Gasteiger partial charge on any atom is 0.216 e. The lowest BCUT2D eigenvalue weighted by atomic mass is 9.94. The van der Waals surface area contributed by atoms with Crippen LogP contribution in [-0.2, 0) is 12.0 Å². The van der Waals surface area contributed by atoms with Crippen molar-refractivity contribution in [3.8, 4) is 0 Å². The van der Waals surface area contributed by atoms with Crippen LogP contribution >= 0.6 is 0 Å². The molecule has 0 saturated carbocycles. The first kappa shape index (κ1) is 19.7. The molecule has 1 fully saturated rings. The molecule has 0 radical (unpaired) electrons. The van der Waals surface area contributed by atoms with Crippen LogP contribution in [0.2, 0.25) is 0 Å². The van der Waals surface area contributed by atoms with Gasteiger partial charge in [0, 0.05) is 44.2 Å². The van der Waals surface area contributed by atoms with E-state index < -0.39 is 0 Å². The highest BCUT2D eigenvalue weighted by Gasteiger charge is 2.22. The van der Waals surface area contributed by atoms with Gasteiger partial charge in [0.25, 0.3) is 0 Å². The monoisotopic (exact) mass is 350 g/mol. The fraction of sp³-hybridized carbons (Fsp3) is 0.778. The molecule has 0 aromatic carbocycles. The number of nitrogens with zero attached hydrogens (tertiary/aromatic N) is 4. The van der Waals surface area contributed by atoms with Crippen molar-refractivity contribution in [1.82, 2.24) is 25.4 Å². The van der Waals surface area contributed by atoms with E-state index in [4.69, 9.17) is 4.42 Å². The third kappa shape index (κ3) is 6.01. The summed E-state index contributed by atoms with van der Waals surface area (Å²) in [7, 11) is 4.36. The number of hydrogen-bond acceptors (Lipinski definition) is 5. The molecule has 25 heavy (non-hydrogen) atoms. The highest BCUT2D eigenvalue weighted by Crippen LogP contribution is 2.22. The molecule has 142 valence electrons. The van der Waals surface area contributed by atoms with Crippen LogP contribution in [0.3, 0.4) is 0 Å². The van der Waals surface area contributed by atoms with E-state index >= 15 is 0 Å². The Kier molecular flexibility index (Phi) is 6.84. The summed E-state index contributed by atoms with van der Waals surface area (Å²) in [6.07, 6.45) is 1.80. The first-order chi connectivity index (χ1) is 11.8. The molecule has 2 rings (SSSR count). The van der Waals surface area contributed by atoms with Crippen LogP contribution < -0.4 is 10.6 Å². The van der Waals surface area contributed by atoms with Gasteiger partial charge in [-0.25, -0.2) is 9.98 Å². The molecule has 1 aromatic heterocycles. The Labute approximate surface area is 151 Å². The number of aliphatic imine (C=N–C) groups is 1. The molecule has 0 spiro atoms. The zero-order chi connectivity index (χ0) is 18.4. The smallest absolute Gasteiger partial charge is 0.216 e. The van der Waals surface area contributed by atoms with E-state index in [2.05, 4.69) is 72.2 Å². The number of guanidine groups is 1. The number of oxazole rings is 1. The van der Waals surface area contributed by atoms with Gasteiger partial charge in [-0.1, -0.05) is 20.8 Å². The second kappa shape index (κ2) is 8.67. The van der Waals surface area contributed by atoms with Gasteiger partial charge < -0.3 is 20.0 Å². The van der Waals surface area contributed by atoms with Crippen molar-refractivity contribution in [2.75, 3.05) is 46.8 Å². The van der Waals surface area contributed by atoms with E-state index in [0.717, 1.165) is 44.4 Å². The maximum absolute atomic E-state index is 5.81. The van der Waals surface area contributed by atoms with Gasteiger partial charge in [0.2, 0.25) is 5.89 Å². The third-order valence-corrected chi connectivity index (χ3v) is 4.49. The molecule has 1 atom stereocenters. The Morgan fingerprint density at radius 1 is 1.32 bits per heavy atom. The predicted molar refractivity (Wildman–Crippen MR) is 102 cm³/mol. The second-order valence-corrected chi connectivity index (χ2v) is 7.84. The van der Waals surface area contributed by atoms with Crippen molar-refractivity contribution in [3.05, 3.63) is 17.8 Å². The maximum atomic E-state index is 5.81. The molecule has 1 aliphatic heterocycles. The molecular formula is C18H34N6O.